The third kappa shape index (κ3) is 4.65. The number of nitrogens with zero attached hydrogens (tertiary/aromatic N) is 6. The molecule has 1 unspecified atom stereocenters. The molecule has 34 heavy (non-hydrogen) atoms. The number of piperazine rings is 1. The van der Waals surface area contributed by atoms with Gasteiger partial charge in [0, 0.05) is 56.6 Å². The molecule has 2 aromatic heterocycles. The molecule has 0 amide bonds. The number of aryl methyl sites for hydroxylation is 1. The Kier molecular flexibility index (Phi) is 6.52. The summed E-state index contributed by atoms with van der Waals surface area (Å²) in [5.41, 5.74) is 2.67. The van der Waals surface area contributed by atoms with Crippen molar-refractivity contribution in [2.45, 2.75) is 19.9 Å². The maximum atomic E-state index is 13.8. The molecule has 3 aromatic rings. The zero-order valence-electron chi connectivity index (χ0n) is 19.4. The SMILES string of the molecule is Cc1cccnc1N1CCN(c2cc(-c3ccc(F)c(Cl)c3)nc(N3CCOCC3)n2)CC1C. The Morgan fingerprint density at radius 2 is 1.85 bits per heavy atom. The van der Waals surface area contributed by atoms with Gasteiger partial charge in [-0.15, -0.1) is 0 Å². The van der Waals surface area contributed by atoms with Crippen LogP contribution in [-0.4, -0.2) is 66.9 Å². The summed E-state index contributed by atoms with van der Waals surface area (Å²) >= 11 is 6.08. The third-order valence-electron chi connectivity index (χ3n) is 6.42. The van der Waals surface area contributed by atoms with Crippen molar-refractivity contribution in [3.8, 4) is 11.3 Å². The number of morpholine rings is 1. The monoisotopic (exact) mass is 482 g/mol. The fourth-order valence-corrected chi connectivity index (χ4v) is 4.73. The van der Waals surface area contributed by atoms with E-state index >= 15 is 0 Å². The summed E-state index contributed by atoms with van der Waals surface area (Å²) < 4.78 is 19.3. The standard InChI is InChI=1S/C25H28ClFN6O/c1-17-4-3-7-28-24(17)33-9-8-32(16-18(33)2)23-15-22(19-5-6-21(27)20(26)14-19)29-25(30-23)31-10-12-34-13-11-31/h3-7,14-15,18H,8-13,16H2,1-2H3. The minimum Gasteiger partial charge on any atom is -0.378 e. The summed E-state index contributed by atoms with van der Waals surface area (Å²) in [7, 11) is 0. The van der Waals surface area contributed by atoms with Crippen molar-refractivity contribution >= 4 is 29.2 Å². The van der Waals surface area contributed by atoms with E-state index in [1.54, 1.807) is 12.1 Å². The van der Waals surface area contributed by atoms with Gasteiger partial charge in [0.05, 0.1) is 23.9 Å². The van der Waals surface area contributed by atoms with Crippen LogP contribution >= 0.6 is 11.6 Å². The molecular formula is C25H28ClFN6O. The lowest BCUT2D eigenvalue weighted by Gasteiger charge is -2.41. The Bertz CT molecular complexity index is 1170. The lowest BCUT2D eigenvalue weighted by molar-refractivity contribution is 0.122. The van der Waals surface area contributed by atoms with Gasteiger partial charge in [-0.25, -0.2) is 14.4 Å². The molecule has 0 bridgehead atoms. The molecule has 2 aliphatic heterocycles. The van der Waals surface area contributed by atoms with Gasteiger partial charge in [0.15, 0.2) is 0 Å². The van der Waals surface area contributed by atoms with Gasteiger partial charge in [-0.2, -0.15) is 4.98 Å². The van der Waals surface area contributed by atoms with Crippen molar-refractivity contribution in [3.63, 3.8) is 0 Å². The number of pyridine rings is 1. The number of benzene rings is 1. The molecule has 2 saturated heterocycles. The molecule has 1 aromatic carbocycles. The summed E-state index contributed by atoms with van der Waals surface area (Å²) in [4.78, 5) is 21.2. The molecule has 9 heteroatoms. The Hall–Kier alpha value is -2.97. The molecule has 178 valence electrons. The molecule has 4 heterocycles. The summed E-state index contributed by atoms with van der Waals surface area (Å²) in [6, 6.07) is 11.0. The molecular weight excluding hydrogens is 455 g/mol. The summed E-state index contributed by atoms with van der Waals surface area (Å²) in [6.45, 7) is 9.52. The van der Waals surface area contributed by atoms with E-state index < -0.39 is 5.82 Å². The number of halogens is 2. The van der Waals surface area contributed by atoms with Crippen molar-refractivity contribution in [1.82, 2.24) is 15.0 Å². The predicted molar refractivity (Wildman–Crippen MR) is 133 cm³/mol. The van der Waals surface area contributed by atoms with Crippen LogP contribution in [0.3, 0.4) is 0 Å². The van der Waals surface area contributed by atoms with Crippen LogP contribution in [0.25, 0.3) is 11.3 Å². The first-order chi connectivity index (χ1) is 16.5. The molecule has 0 aliphatic carbocycles. The van der Waals surface area contributed by atoms with E-state index in [1.165, 1.54) is 11.6 Å². The van der Waals surface area contributed by atoms with Crippen LogP contribution in [0.15, 0.2) is 42.6 Å². The zero-order chi connectivity index (χ0) is 23.7. The first-order valence-corrected chi connectivity index (χ1v) is 12.0. The van der Waals surface area contributed by atoms with E-state index in [0.717, 1.165) is 55.6 Å². The lowest BCUT2D eigenvalue weighted by atomic mass is 10.1. The van der Waals surface area contributed by atoms with Crippen molar-refractivity contribution in [2.75, 3.05) is 60.6 Å². The molecule has 2 aliphatic rings. The second kappa shape index (κ2) is 9.72. The van der Waals surface area contributed by atoms with Crippen LogP contribution in [0.5, 0.6) is 0 Å². The second-order valence-corrected chi connectivity index (χ2v) is 9.18. The fourth-order valence-electron chi connectivity index (χ4n) is 4.55. The van der Waals surface area contributed by atoms with Crippen LogP contribution < -0.4 is 14.7 Å². The first kappa shape index (κ1) is 22.8. The quantitative estimate of drug-likeness (QED) is 0.552. The fraction of sp³-hybridized carbons (Fsp3) is 0.400. The van der Waals surface area contributed by atoms with E-state index in [0.29, 0.717) is 19.2 Å². The van der Waals surface area contributed by atoms with Gasteiger partial charge in [0.1, 0.15) is 17.5 Å². The van der Waals surface area contributed by atoms with Crippen LogP contribution in [0, 0.1) is 12.7 Å². The van der Waals surface area contributed by atoms with Gasteiger partial charge >= 0.3 is 0 Å². The average Bonchev–Trinajstić information content (AvgIpc) is 2.86. The number of ether oxygens (including phenoxy) is 1. The minimum absolute atomic E-state index is 0.0820. The van der Waals surface area contributed by atoms with Gasteiger partial charge < -0.3 is 19.4 Å². The minimum atomic E-state index is -0.442. The molecule has 7 nitrogen and oxygen atoms in total. The van der Waals surface area contributed by atoms with Gasteiger partial charge in [-0.3, -0.25) is 0 Å². The molecule has 1 atom stereocenters. The van der Waals surface area contributed by atoms with Crippen molar-refractivity contribution in [1.29, 1.82) is 0 Å². The average molecular weight is 483 g/mol. The van der Waals surface area contributed by atoms with E-state index in [-0.39, 0.29) is 11.1 Å². The maximum Gasteiger partial charge on any atom is 0.228 e. The molecule has 0 radical (unpaired) electrons. The van der Waals surface area contributed by atoms with Crippen LogP contribution in [0.1, 0.15) is 12.5 Å². The van der Waals surface area contributed by atoms with Gasteiger partial charge in [-0.1, -0.05) is 17.7 Å². The number of anilines is 3. The number of aromatic nitrogens is 3. The summed E-state index contributed by atoms with van der Waals surface area (Å²) in [5.74, 6) is 2.11. The van der Waals surface area contributed by atoms with E-state index in [2.05, 4.69) is 39.6 Å². The van der Waals surface area contributed by atoms with Crippen molar-refractivity contribution in [3.05, 3.63) is 59.0 Å². The van der Waals surface area contributed by atoms with Crippen LogP contribution in [-0.2, 0) is 4.74 Å². The molecule has 0 N–H and O–H groups in total. The van der Waals surface area contributed by atoms with Crippen LogP contribution in [0.4, 0.5) is 22.0 Å². The van der Waals surface area contributed by atoms with Gasteiger partial charge in [0.25, 0.3) is 0 Å². The molecule has 5 rings (SSSR count). The normalized spacial score (nSPS) is 18.9. The van der Waals surface area contributed by atoms with Crippen molar-refractivity contribution in [2.24, 2.45) is 0 Å². The number of hydrogen-bond donors (Lipinski definition) is 0. The van der Waals surface area contributed by atoms with E-state index in [9.17, 15) is 4.39 Å². The summed E-state index contributed by atoms with van der Waals surface area (Å²) in [6.07, 6.45) is 1.85. The maximum absolute atomic E-state index is 13.8. The summed E-state index contributed by atoms with van der Waals surface area (Å²) in [5, 5.41) is 0.0820. The van der Waals surface area contributed by atoms with Crippen LogP contribution in [0.2, 0.25) is 5.02 Å². The first-order valence-electron chi connectivity index (χ1n) is 11.6. The highest BCUT2D eigenvalue weighted by atomic mass is 35.5. The largest absolute Gasteiger partial charge is 0.378 e. The molecule has 0 spiro atoms. The predicted octanol–water partition coefficient (Wildman–Crippen LogP) is 4.19. The smallest absolute Gasteiger partial charge is 0.228 e. The van der Waals surface area contributed by atoms with E-state index in [1.807, 2.05) is 18.3 Å². The number of rotatable bonds is 4. The second-order valence-electron chi connectivity index (χ2n) is 8.77. The molecule has 2 fully saturated rings. The Labute approximate surface area is 204 Å². The Balaban J connectivity index is 1.46. The number of hydrogen-bond acceptors (Lipinski definition) is 7. The third-order valence-corrected chi connectivity index (χ3v) is 6.71. The van der Waals surface area contributed by atoms with Gasteiger partial charge in [0.2, 0.25) is 5.95 Å². The molecule has 0 saturated carbocycles. The zero-order valence-corrected chi connectivity index (χ0v) is 20.2. The van der Waals surface area contributed by atoms with Gasteiger partial charge in [-0.05, 0) is 43.7 Å². The topological polar surface area (TPSA) is 57.6 Å². The Morgan fingerprint density at radius 3 is 2.59 bits per heavy atom. The van der Waals surface area contributed by atoms with E-state index in [4.69, 9.17) is 26.3 Å². The highest BCUT2D eigenvalue weighted by Gasteiger charge is 2.28. The van der Waals surface area contributed by atoms with Crippen molar-refractivity contribution < 1.29 is 9.13 Å². The Morgan fingerprint density at radius 1 is 1.03 bits per heavy atom. The highest BCUT2D eigenvalue weighted by molar-refractivity contribution is 6.31. The highest BCUT2D eigenvalue weighted by Crippen LogP contribution is 2.30. The lowest BCUT2D eigenvalue weighted by Crippen LogP contribution is -2.53.